The van der Waals surface area contributed by atoms with Crippen LogP contribution in [0.2, 0.25) is 0 Å². The molecule has 1 aromatic rings. The van der Waals surface area contributed by atoms with Gasteiger partial charge in [0.05, 0.1) is 18.6 Å². The smallest absolute Gasteiger partial charge is 0.0923 e. The summed E-state index contributed by atoms with van der Waals surface area (Å²) in [5.74, 6) is 0. The molecule has 0 radical (unpaired) electrons. The fraction of sp³-hybridized carbons (Fsp3) is 0.333. The number of H-pyrrole nitrogens is 1. The van der Waals surface area contributed by atoms with Gasteiger partial charge in [-0.25, -0.2) is 4.98 Å². The zero-order valence-corrected chi connectivity index (χ0v) is 5.30. The first-order chi connectivity index (χ1) is 4.43. The minimum absolute atomic E-state index is 0.993. The molecule has 0 saturated carbocycles. The van der Waals surface area contributed by atoms with E-state index < -0.39 is 0 Å². The Morgan fingerprint density at radius 2 is 2.67 bits per heavy atom. The summed E-state index contributed by atoms with van der Waals surface area (Å²) in [5, 5.41) is 1.90. The number of hydrogen-bond acceptors (Lipinski definition) is 1. The molecule has 1 heterocycles. The predicted octanol–water partition coefficient (Wildman–Crippen LogP) is -0.693. The van der Waals surface area contributed by atoms with Gasteiger partial charge in [-0.15, -0.1) is 0 Å². The lowest BCUT2D eigenvalue weighted by molar-refractivity contribution is -0.595. The first-order valence-electron chi connectivity index (χ1n) is 3.02. The SMILES string of the molecule is [CH2-][NH2+]CCc1c[nH]cn1. The molecule has 0 aromatic carbocycles. The third-order valence-electron chi connectivity index (χ3n) is 1.16. The maximum atomic E-state index is 4.05. The molecular weight excluding hydrogens is 114 g/mol. The number of quaternary nitrogens is 1. The molecule has 3 nitrogen and oxygen atoms in total. The highest BCUT2D eigenvalue weighted by Gasteiger charge is 1.90. The van der Waals surface area contributed by atoms with Gasteiger partial charge in [0.15, 0.2) is 0 Å². The van der Waals surface area contributed by atoms with E-state index in [-0.39, 0.29) is 0 Å². The Balaban J connectivity index is 2.30. The van der Waals surface area contributed by atoms with Crippen LogP contribution in [0.4, 0.5) is 0 Å². The summed E-state index contributed by atoms with van der Waals surface area (Å²) in [6.45, 7) is 1.00. The lowest BCUT2D eigenvalue weighted by Crippen LogP contribution is -2.77. The number of nitrogens with one attached hydrogen (secondary N) is 1. The molecular formula is C6H11N3. The first-order valence-corrected chi connectivity index (χ1v) is 3.02. The van der Waals surface area contributed by atoms with E-state index in [0.29, 0.717) is 0 Å². The van der Waals surface area contributed by atoms with Crippen molar-refractivity contribution >= 4 is 0 Å². The highest BCUT2D eigenvalue weighted by molar-refractivity contribution is 4.93. The second kappa shape index (κ2) is 3.25. The van der Waals surface area contributed by atoms with Crippen LogP contribution in [0.3, 0.4) is 0 Å². The maximum absolute atomic E-state index is 4.05. The highest BCUT2D eigenvalue weighted by atomic mass is 14.9. The first kappa shape index (κ1) is 6.29. The normalized spacial score (nSPS) is 9.89. The van der Waals surface area contributed by atoms with Crippen molar-refractivity contribution in [2.75, 3.05) is 6.54 Å². The number of rotatable bonds is 3. The molecule has 0 fully saturated rings. The molecule has 0 atom stereocenters. The summed E-state index contributed by atoms with van der Waals surface area (Å²) in [4.78, 5) is 6.94. The summed E-state index contributed by atoms with van der Waals surface area (Å²) < 4.78 is 0. The van der Waals surface area contributed by atoms with Gasteiger partial charge in [-0.1, -0.05) is 0 Å². The zero-order valence-electron chi connectivity index (χ0n) is 5.30. The summed E-state index contributed by atoms with van der Waals surface area (Å²) >= 11 is 0. The molecule has 0 saturated heterocycles. The van der Waals surface area contributed by atoms with Gasteiger partial charge >= 0.3 is 0 Å². The molecule has 1 rings (SSSR count). The van der Waals surface area contributed by atoms with Gasteiger partial charge in [0.2, 0.25) is 0 Å². The van der Waals surface area contributed by atoms with Gasteiger partial charge in [-0.2, -0.15) is 7.05 Å². The van der Waals surface area contributed by atoms with Gasteiger partial charge in [0, 0.05) is 12.6 Å². The molecule has 0 amide bonds. The predicted molar refractivity (Wildman–Crippen MR) is 34.4 cm³/mol. The molecule has 0 aliphatic heterocycles. The summed E-state index contributed by atoms with van der Waals surface area (Å²) in [5.41, 5.74) is 1.11. The molecule has 0 bridgehead atoms. The molecule has 9 heavy (non-hydrogen) atoms. The molecule has 0 aliphatic rings. The molecule has 3 heteroatoms. The molecule has 3 N–H and O–H groups in total. The van der Waals surface area contributed by atoms with Gasteiger partial charge in [0.1, 0.15) is 0 Å². The second-order valence-electron chi connectivity index (χ2n) is 1.89. The third kappa shape index (κ3) is 1.85. The lowest BCUT2D eigenvalue weighted by atomic mass is 10.3. The Labute approximate surface area is 54.5 Å². The Kier molecular flexibility index (Phi) is 2.27. The zero-order chi connectivity index (χ0) is 6.53. The monoisotopic (exact) mass is 125 g/mol. The largest absolute Gasteiger partial charge is 0.479 e. The quantitative estimate of drug-likeness (QED) is 0.516. The highest BCUT2D eigenvalue weighted by Crippen LogP contribution is 1.87. The van der Waals surface area contributed by atoms with E-state index in [1.807, 2.05) is 11.5 Å². The van der Waals surface area contributed by atoms with Crippen molar-refractivity contribution < 1.29 is 5.32 Å². The molecule has 0 spiro atoms. The van der Waals surface area contributed by atoms with Crippen molar-refractivity contribution in [1.82, 2.24) is 9.97 Å². The Hall–Kier alpha value is -0.830. The van der Waals surface area contributed by atoms with Crippen LogP contribution in [-0.2, 0) is 6.42 Å². The average molecular weight is 125 g/mol. The van der Waals surface area contributed by atoms with Gasteiger partial charge in [0.25, 0.3) is 0 Å². The Morgan fingerprint density at radius 3 is 3.22 bits per heavy atom. The third-order valence-corrected chi connectivity index (χ3v) is 1.16. The lowest BCUT2D eigenvalue weighted by Gasteiger charge is -1.94. The summed E-state index contributed by atoms with van der Waals surface area (Å²) in [6.07, 6.45) is 4.59. The van der Waals surface area contributed by atoms with Crippen LogP contribution in [-0.4, -0.2) is 16.5 Å². The van der Waals surface area contributed by atoms with Crippen LogP contribution < -0.4 is 5.32 Å². The van der Waals surface area contributed by atoms with Crippen LogP contribution in [0.5, 0.6) is 0 Å². The number of hydrogen-bond donors (Lipinski definition) is 2. The number of imidazole rings is 1. The van der Waals surface area contributed by atoms with Crippen molar-refractivity contribution in [1.29, 1.82) is 0 Å². The minimum atomic E-state index is 0.993. The Bertz CT molecular complexity index is 145. The standard InChI is InChI=1S/C6H11N3/c1-7-3-2-6-4-8-5-9-6/h4-5H,1-3,7H2,(H,8,9). The number of nitrogens with zero attached hydrogens (tertiary/aromatic N) is 1. The molecule has 50 valence electrons. The van der Waals surface area contributed by atoms with Crippen LogP contribution in [0.15, 0.2) is 12.5 Å². The second-order valence-corrected chi connectivity index (χ2v) is 1.89. The number of aromatic amines is 1. The van der Waals surface area contributed by atoms with Crippen LogP contribution in [0, 0.1) is 7.05 Å². The van der Waals surface area contributed by atoms with Crippen LogP contribution in [0.25, 0.3) is 0 Å². The van der Waals surface area contributed by atoms with Gasteiger partial charge in [-0.3, -0.25) is 0 Å². The number of nitrogens with two attached hydrogens (primary N) is 1. The molecule has 1 aromatic heterocycles. The van der Waals surface area contributed by atoms with Crippen molar-refractivity contribution in [2.24, 2.45) is 0 Å². The number of aromatic nitrogens is 2. The van der Waals surface area contributed by atoms with Gasteiger partial charge < -0.3 is 10.3 Å². The fourth-order valence-corrected chi connectivity index (χ4v) is 0.678. The topological polar surface area (TPSA) is 45.3 Å². The van der Waals surface area contributed by atoms with Crippen molar-refractivity contribution in [3.8, 4) is 0 Å². The van der Waals surface area contributed by atoms with E-state index in [4.69, 9.17) is 0 Å². The Morgan fingerprint density at radius 1 is 1.78 bits per heavy atom. The van der Waals surface area contributed by atoms with Crippen molar-refractivity contribution in [2.45, 2.75) is 6.42 Å². The fourth-order valence-electron chi connectivity index (χ4n) is 0.678. The molecule has 0 unspecified atom stereocenters. The van der Waals surface area contributed by atoms with E-state index >= 15 is 0 Å². The van der Waals surface area contributed by atoms with Crippen molar-refractivity contribution in [3.63, 3.8) is 0 Å². The van der Waals surface area contributed by atoms with E-state index in [9.17, 15) is 0 Å². The summed E-state index contributed by atoms with van der Waals surface area (Å²) in [6, 6.07) is 0. The van der Waals surface area contributed by atoms with Gasteiger partial charge in [-0.05, 0) is 0 Å². The van der Waals surface area contributed by atoms with Crippen molar-refractivity contribution in [3.05, 3.63) is 25.3 Å². The van der Waals surface area contributed by atoms with Crippen LogP contribution >= 0.6 is 0 Å². The molecule has 0 aliphatic carbocycles. The minimum Gasteiger partial charge on any atom is -0.479 e. The van der Waals surface area contributed by atoms with E-state index in [1.165, 1.54) is 0 Å². The summed E-state index contributed by atoms with van der Waals surface area (Å²) in [7, 11) is 3.62. The van der Waals surface area contributed by atoms with E-state index in [0.717, 1.165) is 18.7 Å². The van der Waals surface area contributed by atoms with E-state index in [2.05, 4.69) is 17.0 Å². The van der Waals surface area contributed by atoms with Crippen LogP contribution in [0.1, 0.15) is 5.69 Å². The maximum Gasteiger partial charge on any atom is 0.0923 e. The van der Waals surface area contributed by atoms with E-state index in [1.54, 1.807) is 6.33 Å². The average Bonchev–Trinajstić information content (AvgIpc) is 2.34.